The summed E-state index contributed by atoms with van der Waals surface area (Å²) in [6.07, 6.45) is 0. The number of hydrogen-bond donors (Lipinski definition) is 2. The number of rotatable bonds is 5. The Morgan fingerprint density at radius 2 is 2.05 bits per heavy atom. The predicted octanol–water partition coefficient (Wildman–Crippen LogP) is 1.71. The zero-order chi connectivity index (χ0) is 15.5. The first-order valence-corrected chi connectivity index (χ1v) is 7.91. The number of carboxylic acids is 1. The summed E-state index contributed by atoms with van der Waals surface area (Å²) in [6, 6.07) is 4.55. The maximum atomic E-state index is 12.1. The standard InChI is InChI=1S/C12H13BrN2O4S/c1-7(2)11(12(16)17)15-20(18,19)9-4-3-8(6-14)10(13)5-9/h3-5,7,11,15H,1-2H3,(H,16,17)/t11-/m1/s1. The van der Waals surface area contributed by atoms with Gasteiger partial charge < -0.3 is 5.11 Å². The highest BCUT2D eigenvalue weighted by atomic mass is 79.9. The molecule has 0 aliphatic heterocycles. The molecule has 0 radical (unpaired) electrons. The van der Waals surface area contributed by atoms with Crippen LogP contribution in [-0.4, -0.2) is 25.5 Å². The van der Waals surface area contributed by atoms with Crippen molar-refractivity contribution in [2.75, 3.05) is 0 Å². The molecule has 0 unspecified atom stereocenters. The van der Waals surface area contributed by atoms with Crippen molar-refractivity contribution in [2.45, 2.75) is 24.8 Å². The number of benzene rings is 1. The van der Waals surface area contributed by atoms with Gasteiger partial charge in [-0.25, -0.2) is 8.42 Å². The lowest BCUT2D eigenvalue weighted by Gasteiger charge is -2.18. The molecular formula is C12H13BrN2O4S. The summed E-state index contributed by atoms with van der Waals surface area (Å²) in [5.74, 6) is -1.64. The minimum Gasteiger partial charge on any atom is -0.480 e. The molecule has 20 heavy (non-hydrogen) atoms. The van der Waals surface area contributed by atoms with Crippen molar-refractivity contribution in [3.63, 3.8) is 0 Å². The molecule has 8 heteroatoms. The highest BCUT2D eigenvalue weighted by Crippen LogP contribution is 2.21. The summed E-state index contributed by atoms with van der Waals surface area (Å²) in [5, 5.41) is 17.8. The van der Waals surface area contributed by atoms with E-state index in [0.29, 0.717) is 10.0 Å². The van der Waals surface area contributed by atoms with E-state index in [2.05, 4.69) is 20.7 Å². The van der Waals surface area contributed by atoms with E-state index in [-0.39, 0.29) is 4.90 Å². The molecule has 0 saturated heterocycles. The number of hydrogen-bond acceptors (Lipinski definition) is 4. The van der Waals surface area contributed by atoms with Crippen LogP contribution in [0.5, 0.6) is 0 Å². The van der Waals surface area contributed by atoms with E-state index in [1.807, 2.05) is 6.07 Å². The number of aliphatic carboxylic acids is 1. The smallest absolute Gasteiger partial charge is 0.322 e. The summed E-state index contributed by atoms with van der Waals surface area (Å²) >= 11 is 3.09. The van der Waals surface area contributed by atoms with E-state index < -0.39 is 28.0 Å². The average Bonchev–Trinajstić information content (AvgIpc) is 2.35. The second-order valence-electron chi connectivity index (χ2n) is 4.43. The number of halogens is 1. The van der Waals surface area contributed by atoms with Crippen LogP contribution >= 0.6 is 15.9 Å². The van der Waals surface area contributed by atoms with Crippen molar-refractivity contribution in [1.82, 2.24) is 4.72 Å². The van der Waals surface area contributed by atoms with E-state index in [4.69, 9.17) is 10.4 Å². The van der Waals surface area contributed by atoms with Gasteiger partial charge in [-0.1, -0.05) is 13.8 Å². The second kappa shape index (κ2) is 6.35. The summed E-state index contributed by atoms with van der Waals surface area (Å²) in [6.45, 7) is 3.21. The van der Waals surface area contributed by atoms with Crippen LogP contribution in [0.15, 0.2) is 27.6 Å². The van der Waals surface area contributed by atoms with Gasteiger partial charge in [0.1, 0.15) is 12.1 Å². The fourth-order valence-corrected chi connectivity index (χ4v) is 3.44. The Hall–Kier alpha value is -1.43. The maximum Gasteiger partial charge on any atom is 0.322 e. The van der Waals surface area contributed by atoms with Gasteiger partial charge in [-0.05, 0) is 40.0 Å². The molecule has 1 aromatic carbocycles. The third-order valence-electron chi connectivity index (χ3n) is 2.59. The van der Waals surface area contributed by atoms with Crippen molar-refractivity contribution in [1.29, 1.82) is 5.26 Å². The molecule has 1 rings (SSSR count). The lowest BCUT2D eigenvalue weighted by atomic mass is 10.1. The summed E-state index contributed by atoms with van der Waals surface area (Å²) in [5.41, 5.74) is 0.294. The quantitative estimate of drug-likeness (QED) is 0.830. The second-order valence-corrected chi connectivity index (χ2v) is 7.00. The first-order valence-electron chi connectivity index (χ1n) is 5.64. The van der Waals surface area contributed by atoms with E-state index in [9.17, 15) is 13.2 Å². The summed E-state index contributed by atoms with van der Waals surface area (Å²) in [7, 11) is -3.97. The number of nitrogens with zero attached hydrogens (tertiary/aromatic N) is 1. The molecule has 0 fully saturated rings. The van der Waals surface area contributed by atoms with Crippen molar-refractivity contribution in [3.8, 4) is 6.07 Å². The topological polar surface area (TPSA) is 107 Å². The number of carbonyl (C=O) groups is 1. The zero-order valence-electron chi connectivity index (χ0n) is 10.8. The first kappa shape index (κ1) is 16.6. The van der Waals surface area contributed by atoms with Crippen molar-refractivity contribution >= 4 is 31.9 Å². The number of nitriles is 1. The Morgan fingerprint density at radius 1 is 1.45 bits per heavy atom. The van der Waals surface area contributed by atoms with E-state index in [1.54, 1.807) is 13.8 Å². The van der Waals surface area contributed by atoms with Gasteiger partial charge in [0.25, 0.3) is 0 Å². The van der Waals surface area contributed by atoms with Crippen LogP contribution in [0.3, 0.4) is 0 Å². The Labute approximate surface area is 125 Å². The minimum absolute atomic E-state index is 0.102. The van der Waals surface area contributed by atoms with E-state index in [0.717, 1.165) is 0 Å². The Morgan fingerprint density at radius 3 is 2.45 bits per heavy atom. The largest absolute Gasteiger partial charge is 0.480 e. The zero-order valence-corrected chi connectivity index (χ0v) is 13.2. The van der Waals surface area contributed by atoms with Crippen LogP contribution in [0, 0.1) is 17.2 Å². The molecule has 0 aliphatic carbocycles. The van der Waals surface area contributed by atoms with Crippen LogP contribution in [0.4, 0.5) is 0 Å². The third kappa shape index (κ3) is 3.79. The Kier molecular flexibility index (Phi) is 5.28. The van der Waals surface area contributed by atoms with Crippen LogP contribution in [0.1, 0.15) is 19.4 Å². The van der Waals surface area contributed by atoms with Crippen LogP contribution in [0.2, 0.25) is 0 Å². The SMILES string of the molecule is CC(C)[C@@H](NS(=O)(=O)c1ccc(C#N)c(Br)c1)C(=O)O. The van der Waals surface area contributed by atoms with Crippen molar-refractivity contribution < 1.29 is 18.3 Å². The van der Waals surface area contributed by atoms with Gasteiger partial charge in [0.05, 0.1) is 10.5 Å². The minimum atomic E-state index is -3.97. The fourth-order valence-electron chi connectivity index (χ4n) is 1.46. The number of nitrogens with one attached hydrogen (secondary N) is 1. The maximum absolute atomic E-state index is 12.1. The molecule has 0 aromatic heterocycles. The van der Waals surface area contributed by atoms with Crippen molar-refractivity contribution in [3.05, 3.63) is 28.2 Å². The molecule has 0 amide bonds. The lowest BCUT2D eigenvalue weighted by Crippen LogP contribution is -2.44. The summed E-state index contributed by atoms with van der Waals surface area (Å²) < 4.78 is 26.7. The molecule has 108 valence electrons. The predicted molar refractivity (Wildman–Crippen MR) is 75.4 cm³/mol. The van der Waals surface area contributed by atoms with Gasteiger partial charge in [-0.15, -0.1) is 0 Å². The molecule has 1 aromatic rings. The van der Waals surface area contributed by atoms with Gasteiger partial charge in [-0.3, -0.25) is 4.79 Å². The van der Waals surface area contributed by atoms with Gasteiger partial charge in [0.15, 0.2) is 0 Å². The van der Waals surface area contributed by atoms with E-state index >= 15 is 0 Å². The number of sulfonamides is 1. The Bertz CT molecular complexity index is 665. The van der Waals surface area contributed by atoms with Crippen LogP contribution < -0.4 is 4.72 Å². The van der Waals surface area contributed by atoms with E-state index in [1.165, 1.54) is 18.2 Å². The Balaban J connectivity index is 3.15. The molecule has 0 aliphatic rings. The highest BCUT2D eigenvalue weighted by molar-refractivity contribution is 9.10. The van der Waals surface area contributed by atoms with Gasteiger partial charge in [-0.2, -0.15) is 9.98 Å². The monoisotopic (exact) mass is 360 g/mol. The molecule has 0 saturated carbocycles. The summed E-state index contributed by atoms with van der Waals surface area (Å²) in [4.78, 5) is 10.9. The molecular weight excluding hydrogens is 348 g/mol. The van der Waals surface area contributed by atoms with Crippen LogP contribution in [-0.2, 0) is 14.8 Å². The lowest BCUT2D eigenvalue weighted by molar-refractivity contribution is -0.140. The first-order chi connectivity index (χ1) is 9.19. The van der Waals surface area contributed by atoms with Gasteiger partial charge in [0.2, 0.25) is 10.0 Å². The fraction of sp³-hybridized carbons (Fsp3) is 0.333. The van der Waals surface area contributed by atoms with Gasteiger partial charge >= 0.3 is 5.97 Å². The molecule has 6 nitrogen and oxygen atoms in total. The van der Waals surface area contributed by atoms with Crippen molar-refractivity contribution in [2.24, 2.45) is 5.92 Å². The third-order valence-corrected chi connectivity index (χ3v) is 4.68. The molecule has 0 bridgehead atoms. The highest BCUT2D eigenvalue weighted by Gasteiger charge is 2.28. The van der Waals surface area contributed by atoms with Gasteiger partial charge in [0, 0.05) is 4.47 Å². The molecule has 2 N–H and O–H groups in total. The normalized spacial score (nSPS) is 12.9. The average molecular weight is 361 g/mol. The van der Waals surface area contributed by atoms with Crippen LogP contribution in [0.25, 0.3) is 0 Å². The molecule has 0 spiro atoms. The molecule has 1 atom stereocenters. The molecule has 0 heterocycles. The number of carboxylic acid groups (broad SMARTS) is 1.